The molecule has 1 aromatic carbocycles. The third kappa shape index (κ3) is 5.64. The topological polar surface area (TPSA) is 61.4 Å². The lowest BCUT2D eigenvalue weighted by atomic mass is 9.94. The van der Waals surface area contributed by atoms with E-state index in [-0.39, 0.29) is 11.8 Å². The van der Waals surface area contributed by atoms with Crippen molar-refractivity contribution in [2.24, 2.45) is 0 Å². The molecule has 0 bridgehead atoms. The van der Waals surface area contributed by atoms with Gasteiger partial charge in [0, 0.05) is 23.8 Å². The third-order valence-electron chi connectivity index (χ3n) is 4.54. The predicted octanol–water partition coefficient (Wildman–Crippen LogP) is 3.03. The van der Waals surface area contributed by atoms with E-state index >= 15 is 0 Å². The molecule has 1 aliphatic carbocycles. The molecule has 0 heterocycles. The zero-order valence-electron chi connectivity index (χ0n) is 14.8. The molecule has 5 heteroatoms. The number of carbonyl (C=O) groups is 2. The van der Waals surface area contributed by atoms with E-state index in [0.717, 1.165) is 6.42 Å². The van der Waals surface area contributed by atoms with Crippen LogP contribution in [0.2, 0.25) is 0 Å². The SMILES string of the molecule is CCCNC(=O)c1cccc(NC(=O)CN(C)C2CCCCC2)c1. The monoisotopic (exact) mass is 331 g/mol. The zero-order valence-corrected chi connectivity index (χ0v) is 14.8. The predicted molar refractivity (Wildman–Crippen MR) is 97.2 cm³/mol. The molecule has 2 amide bonds. The van der Waals surface area contributed by atoms with Crippen LogP contribution in [0, 0.1) is 0 Å². The summed E-state index contributed by atoms with van der Waals surface area (Å²) >= 11 is 0. The molecule has 24 heavy (non-hydrogen) atoms. The Hall–Kier alpha value is -1.88. The standard InChI is InChI=1S/C19H29N3O2/c1-3-12-20-19(24)15-8-7-9-16(13-15)21-18(23)14-22(2)17-10-5-4-6-11-17/h7-9,13,17H,3-6,10-12,14H2,1-2H3,(H,20,24)(H,21,23). The summed E-state index contributed by atoms with van der Waals surface area (Å²) in [5.41, 5.74) is 1.24. The summed E-state index contributed by atoms with van der Waals surface area (Å²) in [6.45, 7) is 3.05. The smallest absolute Gasteiger partial charge is 0.251 e. The summed E-state index contributed by atoms with van der Waals surface area (Å²) in [5, 5.41) is 5.75. The van der Waals surface area contributed by atoms with Gasteiger partial charge in [0.1, 0.15) is 0 Å². The van der Waals surface area contributed by atoms with Crippen LogP contribution in [-0.2, 0) is 4.79 Å². The van der Waals surface area contributed by atoms with Gasteiger partial charge < -0.3 is 10.6 Å². The van der Waals surface area contributed by atoms with Crippen molar-refractivity contribution in [1.82, 2.24) is 10.2 Å². The van der Waals surface area contributed by atoms with Crippen LogP contribution in [0.3, 0.4) is 0 Å². The van der Waals surface area contributed by atoms with E-state index < -0.39 is 0 Å². The van der Waals surface area contributed by atoms with Gasteiger partial charge >= 0.3 is 0 Å². The quantitative estimate of drug-likeness (QED) is 0.807. The van der Waals surface area contributed by atoms with Crippen molar-refractivity contribution in [2.75, 3.05) is 25.5 Å². The van der Waals surface area contributed by atoms with Gasteiger partial charge in [0.2, 0.25) is 5.91 Å². The Morgan fingerprint density at radius 2 is 1.96 bits per heavy atom. The van der Waals surface area contributed by atoms with Gasteiger partial charge in [-0.3, -0.25) is 14.5 Å². The molecular formula is C19H29N3O2. The van der Waals surface area contributed by atoms with Crippen LogP contribution in [0.1, 0.15) is 55.8 Å². The molecule has 0 radical (unpaired) electrons. The van der Waals surface area contributed by atoms with Gasteiger partial charge in [0.15, 0.2) is 0 Å². The Morgan fingerprint density at radius 3 is 2.67 bits per heavy atom. The lowest BCUT2D eigenvalue weighted by Crippen LogP contribution is -2.39. The summed E-state index contributed by atoms with van der Waals surface area (Å²) in [5.74, 6) is -0.138. The Morgan fingerprint density at radius 1 is 1.21 bits per heavy atom. The molecule has 1 fully saturated rings. The maximum Gasteiger partial charge on any atom is 0.251 e. The van der Waals surface area contributed by atoms with Gasteiger partial charge in [-0.2, -0.15) is 0 Å². The van der Waals surface area contributed by atoms with Gasteiger partial charge in [0.25, 0.3) is 5.91 Å². The summed E-state index contributed by atoms with van der Waals surface area (Å²) < 4.78 is 0. The van der Waals surface area contributed by atoms with E-state index in [0.29, 0.717) is 30.4 Å². The Kier molecular flexibility index (Phi) is 7.25. The van der Waals surface area contributed by atoms with Crippen LogP contribution >= 0.6 is 0 Å². The Bertz CT molecular complexity index is 553. The molecule has 1 saturated carbocycles. The van der Waals surface area contributed by atoms with Gasteiger partial charge in [-0.1, -0.05) is 32.3 Å². The van der Waals surface area contributed by atoms with Crippen LogP contribution in [-0.4, -0.2) is 42.9 Å². The van der Waals surface area contributed by atoms with E-state index in [1.165, 1.54) is 32.1 Å². The van der Waals surface area contributed by atoms with Crippen molar-refractivity contribution >= 4 is 17.5 Å². The fraction of sp³-hybridized carbons (Fsp3) is 0.579. The number of likely N-dealkylation sites (N-methyl/N-ethyl adjacent to an activating group) is 1. The summed E-state index contributed by atoms with van der Waals surface area (Å²) in [7, 11) is 2.02. The van der Waals surface area contributed by atoms with E-state index in [1.54, 1.807) is 18.2 Å². The molecule has 1 aromatic rings. The first kappa shape index (κ1) is 18.5. The minimum Gasteiger partial charge on any atom is -0.352 e. The molecular weight excluding hydrogens is 302 g/mol. The Labute approximate surface area is 144 Å². The molecule has 2 N–H and O–H groups in total. The van der Waals surface area contributed by atoms with Crippen LogP contribution in [0.15, 0.2) is 24.3 Å². The van der Waals surface area contributed by atoms with E-state index in [4.69, 9.17) is 0 Å². The van der Waals surface area contributed by atoms with Crippen LogP contribution in [0.5, 0.6) is 0 Å². The van der Waals surface area contributed by atoms with Crippen molar-refractivity contribution in [3.05, 3.63) is 29.8 Å². The molecule has 5 nitrogen and oxygen atoms in total. The minimum atomic E-state index is -0.104. The highest BCUT2D eigenvalue weighted by atomic mass is 16.2. The second kappa shape index (κ2) is 9.42. The second-order valence-corrected chi connectivity index (χ2v) is 6.59. The minimum absolute atomic E-state index is 0.0332. The van der Waals surface area contributed by atoms with E-state index in [2.05, 4.69) is 15.5 Å². The first-order valence-electron chi connectivity index (χ1n) is 8.98. The summed E-state index contributed by atoms with van der Waals surface area (Å²) in [6.07, 6.45) is 7.07. The van der Waals surface area contributed by atoms with Crippen molar-refractivity contribution in [3.63, 3.8) is 0 Å². The molecule has 2 rings (SSSR count). The van der Waals surface area contributed by atoms with Crippen molar-refractivity contribution in [3.8, 4) is 0 Å². The number of hydrogen-bond acceptors (Lipinski definition) is 3. The highest BCUT2D eigenvalue weighted by Gasteiger charge is 2.19. The number of hydrogen-bond donors (Lipinski definition) is 2. The molecule has 0 atom stereocenters. The summed E-state index contributed by atoms with van der Waals surface area (Å²) in [4.78, 5) is 26.4. The van der Waals surface area contributed by atoms with Crippen molar-refractivity contribution < 1.29 is 9.59 Å². The number of carbonyl (C=O) groups excluding carboxylic acids is 2. The maximum atomic E-state index is 12.3. The van der Waals surface area contributed by atoms with Crippen molar-refractivity contribution in [2.45, 2.75) is 51.5 Å². The number of nitrogens with zero attached hydrogens (tertiary/aromatic N) is 1. The van der Waals surface area contributed by atoms with E-state index in [1.807, 2.05) is 20.0 Å². The van der Waals surface area contributed by atoms with Gasteiger partial charge in [-0.15, -0.1) is 0 Å². The average Bonchev–Trinajstić information content (AvgIpc) is 2.60. The van der Waals surface area contributed by atoms with Crippen LogP contribution < -0.4 is 10.6 Å². The lowest BCUT2D eigenvalue weighted by molar-refractivity contribution is -0.117. The molecule has 0 aliphatic heterocycles. The maximum absolute atomic E-state index is 12.3. The first-order chi connectivity index (χ1) is 11.6. The largest absolute Gasteiger partial charge is 0.352 e. The van der Waals surface area contributed by atoms with Gasteiger partial charge in [-0.25, -0.2) is 0 Å². The average molecular weight is 331 g/mol. The van der Waals surface area contributed by atoms with Gasteiger partial charge in [-0.05, 0) is 44.5 Å². The summed E-state index contributed by atoms with van der Waals surface area (Å²) in [6, 6.07) is 7.60. The number of nitrogens with one attached hydrogen (secondary N) is 2. The number of rotatable bonds is 7. The number of benzene rings is 1. The normalized spacial score (nSPS) is 15.3. The molecule has 0 aromatic heterocycles. The molecule has 0 unspecified atom stereocenters. The van der Waals surface area contributed by atoms with Gasteiger partial charge in [0.05, 0.1) is 6.54 Å². The Balaban J connectivity index is 1.87. The molecule has 0 spiro atoms. The van der Waals surface area contributed by atoms with Crippen LogP contribution in [0.25, 0.3) is 0 Å². The number of anilines is 1. The third-order valence-corrected chi connectivity index (χ3v) is 4.54. The fourth-order valence-electron chi connectivity index (χ4n) is 3.16. The fourth-order valence-corrected chi connectivity index (χ4v) is 3.16. The highest BCUT2D eigenvalue weighted by molar-refractivity contribution is 5.97. The molecule has 1 aliphatic rings. The molecule has 0 saturated heterocycles. The highest BCUT2D eigenvalue weighted by Crippen LogP contribution is 2.21. The number of amides is 2. The second-order valence-electron chi connectivity index (χ2n) is 6.59. The zero-order chi connectivity index (χ0) is 17.4. The lowest BCUT2D eigenvalue weighted by Gasteiger charge is -2.30. The van der Waals surface area contributed by atoms with E-state index in [9.17, 15) is 9.59 Å². The molecule has 132 valence electrons. The van der Waals surface area contributed by atoms with Crippen LogP contribution in [0.4, 0.5) is 5.69 Å². The first-order valence-corrected chi connectivity index (χ1v) is 8.98. The van der Waals surface area contributed by atoms with Crippen molar-refractivity contribution in [1.29, 1.82) is 0 Å².